The topological polar surface area (TPSA) is 13.1 Å². The van der Waals surface area contributed by atoms with Gasteiger partial charge in [0.1, 0.15) is 11.3 Å². The molecule has 120 valence electrons. The Morgan fingerprint density at radius 2 is 1.92 bits per heavy atom. The third kappa shape index (κ3) is 1.88. The van der Waals surface area contributed by atoms with Gasteiger partial charge in [-0.3, -0.25) is 0 Å². The maximum Gasteiger partial charge on any atom is 0.136 e. The molecule has 4 rings (SSSR count). The van der Waals surface area contributed by atoms with Gasteiger partial charge in [0, 0.05) is 21.4 Å². The third-order valence-corrected chi connectivity index (χ3v) is 5.27. The minimum Gasteiger partial charge on any atom is -0.456 e. The second-order valence-corrected chi connectivity index (χ2v) is 7.20. The van der Waals surface area contributed by atoms with Gasteiger partial charge >= 0.3 is 0 Å². The Labute approximate surface area is 147 Å². The lowest BCUT2D eigenvalue weighted by molar-refractivity contribution is 0.603. The fourth-order valence-corrected chi connectivity index (χ4v) is 4.09. The van der Waals surface area contributed by atoms with E-state index in [0.717, 1.165) is 27.3 Å². The van der Waals surface area contributed by atoms with Crippen molar-refractivity contribution in [1.82, 2.24) is 0 Å². The molecule has 0 atom stereocenters. The van der Waals surface area contributed by atoms with Crippen LogP contribution in [0.5, 0.6) is 0 Å². The van der Waals surface area contributed by atoms with Gasteiger partial charge in [-0.25, -0.2) is 0 Å². The Bertz CT molecular complexity index is 1020. The molecule has 0 saturated heterocycles. The predicted molar refractivity (Wildman–Crippen MR) is 104 cm³/mol. The average Bonchev–Trinajstić information content (AvgIpc) is 3.02. The van der Waals surface area contributed by atoms with E-state index in [0.29, 0.717) is 0 Å². The summed E-state index contributed by atoms with van der Waals surface area (Å²) in [5.41, 5.74) is 7.00. The Hall–Kier alpha value is -2.25. The molecular weight excluding hydrogens is 316 g/mol. The standard InChI is InChI=1S/C22H19ClO/c1-5-7-15-18(6-2)24-19-11-10-16-20(21(15)19)14-9-8-13(23)12-17(14)22(16,3)4/h5-12H,2H2,1,3-4H3/b7-5-. The van der Waals surface area contributed by atoms with E-state index in [2.05, 4.69) is 50.8 Å². The quantitative estimate of drug-likeness (QED) is 0.488. The molecule has 0 bridgehead atoms. The summed E-state index contributed by atoms with van der Waals surface area (Å²) in [5.74, 6) is 0.816. The van der Waals surface area contributed by atoms with E-state index in [-0.39, 0.29) is 5.41 Å². The van der Waals surface area contributed by atoms with Crippen LogP contribution in [0.4, 0.5) is 0 Å². The Balaban J connectivity index is 2.20. The van der Waals surface area contributed by atoms with E-state index in [1.54, 1.807) is 6.08 Å². The molecule has 2 heteroatoms. The van der Waals surface area contributed by atoms with Crippen molar-refractivity contribution in [3.8, 4) is 11.1 Å². The summed E-state index contributed by atoms with van der Waals surface area (Å²) in [6.07, 6.45) is 5.92. The molecular formula is C22H19ClO. The Morgan fingerprint density at radius 1 is 1.12 bits per heavy atom. The number of rotatable bonds is 2. The van der Waals surface area contributed by atoms with Crippen molar-refractivity contribution in [3.05, 3.63) is 70.5 Å². The van der Waals surface area contributed by atoms with Crippen LogP contribution in [-0.2, 0) is 5.41 Å². The van der Waals surface area contributed by atoms with Crippen molar-refractivity contribution >= 4 is 34.7 Å². The van der Waals surface area contributed by atoms with Crippen molar-refractivity contribution in [2.75, 3.05) is 0 Å². The van der Waals surface area contributed by atoms with E-state index in [9.17, 15) is 0 Å². The summed E-state index contributed by atoms with van der Waals surface area (Å²) in [5, 5.41) is 1.94. The molecule has 1 aliphatic rings. The van der Waals surface area contributed by atoms with Crippen LogP contribution < -0.4 is 0 Å². The highest BCUT2D eigenvalue weighted by Gasteiger charge is 2.37. The highest BCUT2D eigenvalue weighted by atomic mass is 35.5. The first-order valence-corrected chi connectivity index (χ1v) is 8.52. The number of furan rings is 1. The fourth-order valence-electron chi connectivity index (χ4n) is 3.91. The summed E-state index contributed by atoms with van der Waals surface area (Å²) in [6, 6.07) is 10.4. The summed E-state index contributed by atoms with van der Waals surface area (Å²) >= 11 is 6.28. The summed E-state index contributed by atoms with van der Waals surface area (Å²) in [6.45, 7) is 10.4. The third-order valence-electron chi connectivity index (χ3n) is 5.04. The van der Waals surface area contributed by atoms with Gasteiger partial charge in [-0.1, -0.05) is 56.3 Å². The Morgan fingerprint density at radius 3 is 2.62 bits per heavy atom. The number of allylic oxidation sites excluding steroid dienone is 1. The van der Waals surface area contributed by atoms with Gasteiger partial charge in [0.2, 0.25) is 0 Å². The van der Waals surface area contributed by atoms with E-state index in [4.69, 9.17) is 16.0 Å². The molecule has 0 N–H and O–H groups in total. The van der Waals surface area contributed by atoms with E-state index < -0.39 is 0 Å². The first-order valence-electron chi connectivity index (χ1n) is 8.14. The largest absolute Gasteiger partial charge is 0.456 e. The zero-order valence-corrected chi connectivity index (χ0v) is 14.9. The van der Waals surface area contributed by atoms with Crippen molar-refractivity contribution in [2.24, 2.45) is 0 Å². The van der Waals surface area contributed by atoms with Crippen LogP contribution in [0, 0.1) is 0 Å². The Kier molecular flexibility index (Phi) is 3.26. The number of benzene rings is 2. The monoisotopic (exact) mass is 334 g/mol. The first-order chi connectivity index (χ1) is 11.5. The van der Waals surface area contributed by atoms with Crippen LogP contribution in [0.2, 0.25) is 5.02 Å². The molecule has 0 spiro atoms. The van der Waals surface area contributed by atoms with Gasteiger partial charge in [0.25, 0.3) is 0 Å². The van der Waals surface area contributed by atoms with Gasteiger partial charge in [-0.2, -0.15) is 0 Å². The number of hydrogen-bond donors (Lipinski definition) is 0. The van der Waals surface area contributed by atoms with Crippen LogP contribution in [-0.4, -0.2) is 0 Å². The van der Waals surface area contributed by atoms with E-state index in [1.165, 1.54) is 22.3 Å². The molecule has 0 aliphatic heterocycles. The highest BCUT2D eigenvalue weighted by molar-refractivity contribution is 6.30. The number of halogens is 1. The minimum absolute atomic E-state index is 0.0808. The fraction of sp³-hybridized carbons (Fsp3) is 0.182. The summed E-state index contributed by atoms with van der Waals surface area (Å²) in [7, 11) is 0. The molecule has 0 radical (unpaired) electrons. The lowest BCUT2D eigenvalue weighted by Crippen LogP contribution is -2.14. The molecule has 0 fully saturated rings. The van der Waals surface area contributed by atoms with Gasteiger partial charge in [-0.15, -0.1) is 0 Å². The van der Waals surface area contributed by atoms with Crippen LogP contribution in [0.1, 0.15) is 43.2 Å². The normalized spacial score (nSPS) is 15.0. The molecule has 1 aliphatic carbocycles. The molecule has 1 nitrogen and oxygen atoms in total. The van der Waals surface area contributed by atoms with E-state index >= 15 is 0 Å². The molecule has 24 heavy (non-hydrogen) atoms. The van der Waals surface area contributed by atoms with Crippen LogP contribution in [0.25, 0.3) is 34.2 Å². The predicted octanol–water partition coefficient (Wildman–Crippen LogP) is 7.07. The van der Waals surface area contributed by atoms with Crippen molar-refractivity contribution in [1.29, 1.82) is 0 Å². The summed E-state index contributed by atoms with van der Waals surface area (Å²) < 4.78 is 6.04. The van der Waals surface area contributed by atoms with Crippen molar-refractivity contribution < 1.29 is 4.42 Å². The second kappa shape index (κ2) is 5.12. The lowest BCUT2D eigenvalue weighted by atomic mass is 9.82. The smallest absolute Gasteiger partial charge is 0.136 e. The molecule has 1 heterocycles. The maximum absolute atomic E-state index is 6.28. The minimum atomic E-state index is -0.0808. The zero-order valence-electron chi connectivity index (χ0n) is 14.1. The average molecular weight is 335 g/mol. The molecule has 0 saturated carbocycles. The lowest BCUT2D eigenvalue weighted by Gasteiger charge is -2.21. The highest BCUT2D eigenvalue weighted by Crippen LogP contribution is 2.53. The van der Waals surface area contributed by atoms with Crippen LogP contribution >= 0.6 is 11.6 Å². The van der Waals surface area contributed by atoms with Crippen molar-refractivity contribution in [3.63, 3.8) is 0 Å². The summed E-state index contributed by atoms with van der Waals surface area (Å²) in [4.78, 5) is 0. The maximum atomic E-state index is 6.28. The molecule has 1 aromatic heterocycles. The van der Waals surface area contributed by atoms with E-state index in [1.807, 2.05) is 19.1 Å². The van der Waals surface area contributed by atoms with Crippen LogP contribution in [0.15, 0.2) is 47.4 Å². The second-order valence-electron chi connectivity index (χ2n) is 6.76. The number of fused-ring (bicyclic) bond motifs is 5. The van der Waals surface area contributed by atoms with Gasteiger partial charge < -0.3 is 4.42 Å². The number of hydrogen-bond acceptors (Lipinski definition) is 1. The SMILES string of the molecule is C=Cc1oc2ccc3c(c2c1/C=C\C)-c1ccc(Cl)cc1C3(C)C. The van der Waals surface area contributed by atoms with Crippen LogP contribution in [0.3, 0.4) is 0 Å². The first kappa shape index (κ1) is 15.3. The molecule has 0 amide bonds. The van der Waals surface area contributed by atoms with Gasteiger partial charge in [0.05, 0.1) is 0 Å². The van der Waals surface area contributed by atoms with Gasteiger partial charge in [-0.05, 0) is 53.5 Å². The molecule has 2 aromatic carbocycles. The molecule has 3 aromatic rings. The van der Waals surface area contributed by atoms with Gasteiger partial charge in [0.15, 0.2) is 0 Å². The van der Waals surface area contributed by atoms with Crippen molar-refractivity contribution in [2.45, 2.75) is 26.2 Å². The zero-order chi connectivity index (χ0) is 17.1. The molecule has 0 unspecified atom stereocenters.